The third-order valence-electron chi connectivity index (χ3n) is 3.35. The van der Waals surface area contributed by atoms with Crippen LogP contribution >= 0.6 is 0 Å². The summed E-state index contributed by atoms with van der Waals surface area (Å²) in [4.78, 5) is 16.5. The van der Waals surface area contributed by atoms with E-state index in [9.17, 15) is 4.79 Å². The average Bonchev–Trinajstić information content (AvgIpc) is 2.77. The molecule has 1 amide bonds. The molecule has 6 heteroatoms. The maximum Gasteiger partial charge on any atom is 0.251 e. The van der Waals surface area contributed by atoms with Gasteiger partial charge in [0, 0.05) is 25.8 Å². The van der Waals surface area contributed by atoms with Crippen molar-refractivity contribution in [3.8, 4) is 0 Å². The third-order valence-corrected chi connectivity index (χ3v) is 3.35. The van der Waals surface area contributed by atoms with Crippen LogP contribution in [0.15, 0.2) is 18.2 Å². The van der Waals surface area contributed by atoms with Crippen LogP contribution in [-0.4, -0.2) is 46.9 Å². The molecule has 0 saturated carbocycles. The van der Waals surface area contributed by atoms with Crippen molar-refractivity contribution in [3.05, 3.63) is 29.6 Å². The minimum absolute atomic E-state index is 0.0237. The summed E-state index contributed by atoms with van der Waals surface area (Å²) in [5.41, 5.74) is 2.45. The van der Waals surface area contributed by atoms with Crippen molar-refractivity contribution in [1.29, 1.82) is 0 Å². The van der Waals surface area contributed by atoms with Crippen molar-refractivity contribution >= 4 is 16.9 Å². The molecule has 0 aliphatic carbocycles. The second-order valence-corrected chi connectivity index (χ2v) is 4.87. The predicted octanol–water partition coefficient (Wildman–Crippen LogP) is 1.01. The van der Waals surface area contributed by atoms with Crippen LogP contribution in [0.2, 0.25) is 0 Å². The molecule has 0 atom stereocenters. The number of amides is 1. The first kappa shape index (κ1) is 15.5. The van der Waals surface area contributed by atoms with Gasteiger partial charge in [0.2, 0.25) is 0 Å². The Balaban J connectivity index is 1.90. The lowest BCUT2D eigenvalue weighted by molar-refractivity contribution is 0.0867. The number of fused-ring (bicyclic) bond motifs is 1. The van der Waals surface area contributed by atoms with E-state index < -0.39 is 0 Å². The highest BCUT2D eigenvalue weighted by atomic mass is 16.5. The first-order valence-electron chi connectivity index (χ1n) is 7.03. The summed E-state index contributed by atoms with van der Waals surface area (Å²) >= 11 is 0. The van der Waals surface area contributed by atoms with Gasteiger partial charge in [0.25, 0.3) is 5.91 Å². The fourth-order valence-electron chi connectivity index (χ4n) is 2.11. The van der Waals surface area contributed by atoms with E-state index in [0.29, 0.717) is 25.3 Å². The van der Waals surface area contributed by atoms with Crippen molar-refractivity contribution in [2.45, 2.75) is 13.3 Å². The zero-order valence-corrected chi connectivity index (χ0v) is 12.4. The minimum atomic E-state index is -0.109. The molecule has 0 fully saturated rings. The van der Waals surface area contributed by atoms with Gasteiger partial charge < -0.3 is 19.7 Å². The molecule has 0 aliphatic rings. The number of hydrogen-bond donors (Lipinski definition) is 2. The van der Waals surface area contributed by atoms with Crippen LogP contribution in [0.4, 0.5) is 0 Å². The quantitative estimate of drug-likeness (QED) is 0.747. The summed E-state index contributed by atoms with van der Waals surface area (Å²) in [6, 6.07) is 5.52. The molecule has 2 rings (SSSR count). The predicted molar refractivity (Wildman–Crippen MR) is 80.3 cm³/mol. The summed E-state index contributed by atoms with van der Waals surface area (Å²) in [6.45, 7) is 3.37. The third kappa shape index (κ3) is 3.80. The normalized spacial score (nSPS) is 11.0. The molecule has 0 radical (unpaired) electrons. The number of hydrogen-bond acceptors (Lipinski definition) is 4. The molecule has 0 saturated heterocycles. The molecule has 1 aromatic carbocycles. The highest BCUT2D eigenvalue weighted by Crippen LogP contribution is 2.16. The second-order valence-electron chi connectivity index (χ2n) is 4.87. The van der Waals surface area contributed by atoms with Crippen molar-refractivity contribution in [3.63, 3.8) is 0 Å². The number of benzene rings is 1. The van der Waals surface area contributed by atoms with E-state index >= 15 is 0 Å². The van der Waals surface area contributed by atoms with Crippen LogP contribution in [0.3, 0.4) is 0 Å². The van der Waals surface area contributed by atoms with Gasteiger partial charge in [-0.25, -0.2) is 4.98 Å². The number of aliphatic hydroxyl groups is 1. The number of nitrogens with one attached hydrogen (secondary N) is 1. The lowest BCUT2D eigenvalue weighted by Gasteiger charge is -2.06. The zero-order chi connectivity index (χ0) is 15.2. The molecule has 1 aromatic heterocycles. The number of ether oxygens (including phenoxy) is 1. The van der Waals surface area contributed by atoms with Gasteiger partial charge in [0.1, 0.15) is 5.82 Å². The van der Waals surface area contributed by atoms with Gasteiger partial charge >= 0.3 is 0 Å². The van der Waals surface area contributed by atoms with Gasteiger partial charge in [-0.1, -0.05) is 0 Å². The van der Waals surface area contributed by atoms with Crippen molar-refractivity contribution in [1.82, 2.24) is 14.9 Å². The highest BCUT2D eigenvalue weighted by molar-refractivity contribution is 5.97. The number of aryl methyl sites for hydroxylation is 2. The van der Waals surface area contributed by atoms with Gasteiger partial charge in [-0.2, -0.15) is 0 Å². The lowest BCUT2D eigenvalue weighted by Crippen LogP contribution is -2.25. The van der Waals surface area contributed by atoms with Gasteiger partial charge in [0.15, 0.2) is 0 Å². The molecule has 0 bridgehead atoms. The van der Waals surface area contributed by atoms with Crippen molar-refractivity contribution < 1.29 is 14.6 Å². The fourth-order valence-corrected chi connectivity index (χ4v) is 2.11. The SMILES string of the molecule is Cc1nc2cc(C(=O)NCCCOCCO)ccc2n1C. The summed E-state index contributed by atoms with van der Waals surface area (Å²) in [5, 5.41) is 11.4. The van der Waals surface area contributed by atoms with Gasteiger partial charge in [-0.3, -0.25) is 4.79 Å². The maximum atomic E-state index is 12.0. The first-order valence-corrected chi connectivity index (χ1v) is 7.03. The van der Waals surface area contributed by atoms with Crippen LogP contribution in [0.1, 0.15) is 22.6 Å². The van der Waals surface area contributed by atoms with Crippen LogP contribution in [0.25, 0.3) is 11.0 Å². The van der Waals surface area contributed by atoms with Gasteiger partial charge in [0.05, 0.1) is 24.2 Å². The Bertz CT molecular complexity index is 622. The summed E-state index contributed by atoms with van der Waals surface area (Å²) < 4.78 is 7.13. The van der Waals surface area contributed by atoms with Gasteiger partial charge in [-0.05, 0) is 31.5 Å². The van der Waals surface area contributed by atoms with Crippen LogP contribution in [0, 0.1) is 6.92 Å². The molecule has 114 valence electrons. The van der Waals surface area contributed by atoms with E-state index in [1.165, 1.54) is 0 Å². The molecular weight excluding hydrogens is 270 g/mol. The molecule has 0 unspecified atom stereocenters. The van der Waals surface area contributed by atoms with E-state index in [4.69, 9.17) is 9.84 Å². The zero-order valence-electron chi connectivity index (χ0n) is 12.4. The number of rotatable bonds is 7. The Hall–Kier alpha value is -1.92. The van der Waals surface area contributed by atoms with E-state index in [2.05, 4.69) is 10.3 Å². The average molecular weight is 291 g/mol. The van der Waals surface area contributed by atoms with E-state index in [0.717, 1.165) is 23.3 Å². The Labute approximate surface area is 123 Å². The topological polar surface area (TPSA) is 76.4 Å². The van der Waals surface area contributed by atoms with Gasteiger partial charge in [-0.15, -0.1) is 0 Å². The molecule has 21 heavy (non-hydrogen) atoms. The number of imidazole rings is 1. The molecule has 2 aromatic rings. The molecular formula is C15H21N3O3. The van der Waals surface area contributed by atoms with Crippen LogP contribution in [-0.2, 0) is 11.8 Å². The summed E-state index contributed by atoms with van der Waals surface area (Å²) in [6.07, 6.45) is 0.719. The Kier molecular flexibility index (Phi) is 5.30. The number of carbonyl (C=O) groups is 1. The second kappa shape index (κ2) is 7.19. The smallest absolute Gasteiger partial charge is 0.251 e. The number of nitrogens with zero attached hydrogens (tertiary/aromatic N) is 2. The molecule has 1 heterocycles. The number of aromatic nitrogens is 2. The van der Waals surface area contributed by atoms with Crippen LogP contribution in [0.5, 0.6) is 0 Å². The molecule has 2 N–H and O–H groups in total. The summed E-state index contributed by atoms with van der Waals surface area (Å²) in [5.74, 6) is 0.811. The monoisotopic (exact) mass is 291 g/mol. The van der Waals surface area contributed by atoms with Crippen molar-refractivity contribution in [2.75, 3.05) is 26.4 Å². The van der Waals surface area contributed by atoms with E-state index in [-0.39, 0.29) is 12.5 Å². The lowest BCUT2D eigenvalue weighted by atomic mass is 10.2. The van der Waals surface area contributed by atoms with Crippen molar-refractivity contribution in [2.24, 2.45) is 7.05 Å². The van der Waals surface area contributed by atoms with Crippen LogP contribution < -0.4 is 5.32 Å². The largest absolute Gasteiger partial charge is 0.394 e. The molecule has 6 nitrogen and oxygen atoms in total. The Morgan fingerprint density at radius 3 is 3.00 bits per heavy atom. The highest BCUT2D eigenvalue weighted by Gasteiger charge is 2.09. The maximum absolute atomic E-state index is 12.0. The first-order chi connectivity index (χ1) is 10.1. The number of carbonyl (C=O) groups excluding carboxylic acids is 1. The Morgan fingerprint density at radius 2 is 2.24 bits per heavy atom. The standard InChI is InChI=1S/C15H21N3O3/c1-11-17-13-10-12(4-5-14(13)18(11)2)15(20)16-6-3-8-21-9-7-19/h4-5,10,19H,3,6-9H2,1-2H3,(H,16,20). The molecule has 0 spiro atoms. The minimum Gasteiger partial charge on any atom is -0.394 e. The summed E-state index contributed by atoms with van der Waals surface area (Å²) in [7, 11) is 1.96. The van der Waals surface area contributed by atoms with E-state index in [1.54, 1.807) is 12.1 Å². The Morgan fingerprint density at radius 1 is 1.43 bits per heavy atom. The number of aliphatic hydroxyl groups excluding tert-OH is 1. The fraction of sp³-hybridized carbons (Fsp3) is 0.467. The van der Waals surface area contributed by atoms with E-state index in [1.807, 2.05) is 24.6 Å². The molecule has 0 aliphatic heterocycles.